The summed E-state index contributed by atoms with van der Waals surface area (Å²) in [5, 5.41) is 0. The minimum absolute atomic E-state index is 0.348. The summed E-state index contributed by atoms with van der Waals surface area (Å²) in [4.78, 5) is 0. The molecular formula is C11H19F3. The molecule has 1 aliphatic carbocycles. The van der Waals surface area contributed by atoms with E-state index in [1.807, 2.05) is 0 Å². The molecule has 0 aromatic carbocycles. The van der Waals surface area contributed by atoms with Gasteiger partial charge in [-0.3, -0.25) is 0 Å². The van der Waals surface area contributed by atoms with Crippen molar-refractivity contribution in [2.45, 2.75) is 52.1 Å². The van der Waals surface area contributed by atoms with Gasteiger partial charge in [0.15, 0.2) is 0 Å². The molecule has 0 heterocycles. The van der Waals surface area contributed by atoms with Crippen molar-refractivity contribution in [1.82, 2.24) is 0 Å². The van der Waals surface area contributed by atoms with Crippen LogP contribution in [-0.2, 0) is 0 Å². The van der Waals surface area contributed by atoms with Crippen molar-refractivity contribution in [1.29, 1.82) is 0 Å². The van der Waals surface area contributed by atoms with Gasteiger partial charge >= 0.3 is 6.18 Å². The third-order valence-corrected chi connectivity index (χ3v) is 3.11. The summed E-state index contributed by atoms with van der Waals surface area (Å²) in [6.07, 6.45) is -0.639. The van der Waals surface area contributed by atoms with Crippen molar-refractivity contribution in [2.24, 2.45) is 17.8 Å². The molecule has 1 rings (SSSR count). The predicted molar refractivity (Wildman–Crippen MR) is 51.0 cm³/mol. The minimum Gasteiger partial charge on any atom is -0.171 e. The zero-order chi connectivity index (χ0) is 10.8. The Morgan fingerprint density at radius 2 is 1.57 bits per heavy atom. The Balaban J connectivity index is 2.31. The molecule has 84 valence electrons. The SMILES string of the molecule is CC(C)CC1CCC(C(F)(F)F)CC1. The molecule has 1 aliphatic rings. The monoisotopic (exact) mass is 208 g/mol. The van der Waals surface area contributed by atoms with Crippen LogP contribution in [0.3, 0.4) is 0 Å². The van der Waals surface area contributed by atoms with Gasteiger partial charge in [0.1, 0.15) is 0 Å². The highest BCUT2D eigenvalue weighted by molar-refractivity contribution is 4.77. The fourth-order valence-electron chi connectivity index (χ4n) is 2.39. The molecule has 0 radical (unpaired) electrons. The van der Waals surface area contributed by atoms with Crippen molar-refractivity contribution < 1.29 is 13.2 Å². The fourth-order valence-corrected chi connectivity index (χ4v) is 2.39. The highest BCUT2D eigenvalue weighted by atomic mass is 19.4. The average Bonchev–Trinajstić information content (AvgIpc) is 2.02. The first-order valence-corrected chi connectivity index (χ1v) is 5.46. The summed E-state index contributed by atoms with van der Waals surface area (Å²) in [5.74, 6) is 0.127. The van der Waals surface area contributed by atoms with Crippen LogP contribution >= 0.6 is 0 Å². The van der Waals surface area contributed by atoms with E-state index >= 15 is 0 Å². The number of hydrogen-bond donors (Lipinski definition) is 0. The summed E-state index contributed by atoms with van der Waals surface area (Å²) >= 11 is 0. The van der Waals surface area contributed by atoms with Crippen LogP contribution < -0.4 is 0 Å². The summed E-state index contributed by atoms with van der Waals surface area (Å²) < 4.78 is 37.0. The van der Waals surface area contributed by atoms with Crippen LogP contribution in [0.1, 0.15) is 46.0 Å². The highest BCUT2D eigenvalue weighted by Gasteiger charge is 2.41. The van der Waals surface area contributed by atoms with Gasteiger partial charge in [-0.05, 0) is 43.9 Å². The van der Waals surface area contributed by atoms with E-state index in [-0.39, 0.29) is 0 Å². The van der Waals surface area contributed by atoms with E-state index < -0.39 is 12.1 Å². The molecule has 0 unspecified atom stereocenters. The summed E-state index contributed by atoms with van der Waals surface area (Å²) in [6.45, 7) is 4.27. The van der Waals surface area contributed by atoms with Crippen LogP contribution in [0.5, 0.6) is 0 Å². The Morgan fingerprint density at radius 1 is 1.07 bits per heavy atom. The van der Waals surface area contributed by atoms with Gasteiger partial charge in [0.05, 0.1) is 5.92 Å². The van der Waals surface area contributed by atoms with Crippen LogP contribution in [0.4, 0.5) is 13.2 Å². The van der Waals surface area contributed by atoms with Crippen molar-refractivity contribution in [3.63, 3.8) is 0 Å². The lowest BCUT2D eigenvalue weighted by atomic mass is 9.78. The van der Waals surface area contributed by atoms with E-state index in [0.717, 1.165) is 19.3 Å². The van der Waals surface area contributed by atoms with Crippen molar-refractivity contribution in [2.75, 3.05) is 0 Å². The molecule has 0 aromatic rings. The van der Waals surface area contributed by atoms with Gasteiger partial charge in [0, 0.05) is 0 Å². The van der Waals surface area contributed by atoms with Gasteiger partial charge in [-0.25, -0.2) is 0 Å². The van der Waals surface area contributed by atoms with E-state index in [0.29, 0.717) is 24.7 Å². The smallest absolute Gasteiger partial charge is 0.171 e. The van der Waals surface area contributed by atoms with E-state index in [4.69, 9.17) is 0 Å². The molecule has 0 atom stereocenters. The molecule has 1 saturated carbocycles. The molecule has 0 spiro atoms. The first kappa shape index (κ1) is 11.9. The molecule has 0 nitrogen and oxygen atoms in total. The number of rotatable bonds is 2. The van der Waals surface area contributed by atoms with Crippen LogP contribution in [0.25, 0.3) is 0 Å². The first-order valence-electron chi connectivity index (χ1n) is 5.46. The lowest BCUT2D eigenvalue weighted by Gasteiger charge is -2.30. The Kier molecular flexibility index (Phi) is 3.85. The lowest BCUT2D eigenvalue weighted by molar-refractivity contribution is -0.184. The van der Waals surface area contributed by atoms with E-state index in [1.54, 1.807) is 0 Å². The molecule has 14 heavy (non-hydrogen) atoms. The molecule has 0 amide bonds. The second-order valence-corrected chi connectivity index (χ2v) is 4.89. The van der Waals surface area contributed by atoms with Crippen LogP contribution in [-0.4, -0.2) is 6.18 Å². The van der Waals surface area contributed by atoms with Gasteiger partial charge in [-0.1, -0.05) is 13.8 Å². The zero-order valence-corrected chi connectivity index (χ0v) is 8.90. The predicted octanol–water partition coefficient (Wildman–Crippen LogP) is 4.40. The normalized spacial score (nSPS) is 29.6. The molecule has 0 saturated heterocycles. The minimum atomic E-state index is -3.96. The number of alkyl halides is 3. The maximum Gasteiger partial charge on any atom is 0.391 e. The Hall–Kier alpha value is -0.210. The number of halogens is 3. The third kappa shape index (κ3) is 3.50. The van der Waals surface area contributed by atoms with Gasteiger partial charge in [0.2, 0.25) is 0 Å². The lowest BCUT2D eigenvalue weighted by Crippen LogP contribution is -2.28. The second-order valence-electron chi connectivity index (χ2n) is 4.89. The summed E-state index contributed by atoms with van der Waals surface area (Å²) in [5.41, 5.74) is 0. The first-order chi connectivity index (χ1) is 6.39. The Morgan fingerprint density at radius 3 is 1.93 bits per heavy atom. The van der Waals surface area contributed by atoms with Gasteiger partial charge < -0.3 is 0 Å². The largest absolute Gasteiger partial charge is 0.391 e. The van der Waals surface area contributed by atoms with Crippen LogP contribution in [0.2, 0.25) is 0 Å². The number of hydrogen-bond acceptors (Lipinski definition) is 0. The summed E-state index contributed by atoms with van der Waals surface area (Å²) in [7, 11) is 0. The molecule has 0 N–H and O–H groups in total. The average molecular weight is 208 g/mol. The molecule has 0 bridgehead atoms. The molecule has 3 heteroatoms. The highest BCUT2D eigenvalue weighted by Crippen LogP contribution is 2.40. The molecule has 0 aliphatic heterocycles. The Bertz CT molecular complexity index is 164. The second kappa shape index (κ2) is 4.54. The maximum atomic E-state index is 12.3. The maximum absolute atomic E-state index is 12.3. The van der Waals surface area contributed by atoms with Crippen molar-refractivity contribution in [3.05, 3.63) is 0 Å². The van der Waals surface area contributed by atoms with Gasteiger partial charge in [-0.15, -0.1) is 0 Å². The van der Waals surface area contributed by atoms with Gasteiger partial charge in [0.25, 0.3) is 0 Å². The molecule has 0 aromatic heterocycles. The van der Waals surface area contributed by atoms with Gasteiger partial charge in [-0.2, -0.15) is 13.2 Å². The third-order valence-electron chi connectivity index (χ3n) is 3.11. The van der Waals surface area contributed by atoms with E-state index in [1.165, 1.54) is 0 Å². The standard InChI is InChI=1S/C11H19F3/c1-8(2)7-9-3-5-10(6-4-9)11(12,13)14/h8-10H,3-7H2,1-2H3. The fraction of sp³-hybridized carbons (Fsp3) is 1.00. The van der Waals surface area contributed by atoms with Crippen molar-refractivity contribution in [3.8, 4) is 0 Å². The molecular weight excluding hydrogens is 189 g/mol. The van der Waals surface area contributed by atoms with Crippen molar-refractivity contribution >= 4 is 0 Å². The Labute approximate surface area is 83.9 Å². The van der Waals surface area contributed by atoms with E-state index in [9.17, 15) is 13.2 Å². The van der Waals surface area contributed by atoms with E-state index in [2.05, 4.69) is 13.8 Å². The van der Waals surface area contributed by atoms with Crippen LogP contribution in [0.15, 0.2) is 0 Å². The van der Waals surface area contributed by atoms with Crippen LogP contribution in [0, 0.1) is 17.8 Å². The summed E-state index contributed by atoms with van der Waals surface area (Å²) in [6, 6.07) is 0. The topological polar surface area (TPSA) is 0 Å². The zero-order valence-electron chi connectivity index (χ0n) is 8.90. The molecule has 1 fully saturated rings. The quantitative estimate of drug-likeness (QED) is 0.631.